The van der Waals surface area contributed by atoms with E-state index >= 15 is 0 Å². The van der Waals surface area contributed by atoms with E-state index in [2.05, 4.69) is 15.7 Å². The summed E-state index contributed by atoms with van der Waals surface area (Å²) >= 11 is 0. The third-order valence-corrected chi connectivity index (χ3v) is 1.92. The lowest BCUT2D eigenvalue weighted by Gasteiger charge is -1.95. The molecule has 0 amide bonds. The highest BCUT2D eigenvalue weighted by atomic mass is 15.4. The maximum Gasteiger partial charge on any atom is 0.0833 e. The molecule has 0 bridgehead atoms. The molecule has 5 nitrogen and oxygen atoms in total. The van der Waals surface area contributed by atoms with Gasteiger partial charge in [0.15, 0.2) is 0 Å². The average Bonchev–Trinajstić information content (AvgIpc) is 2.83. The maximum atomic E-state index is 6.53. The molecule has 2 rings (SSSR count). The van der Waals surface area contributed by atoms with Gasteiger partial charge in [0, 0.05) is 6.20 Å². The second-order valence-corrected chi connectivity index (χ2v) is 2.96. The molecular formula is C7H11N5. The van der Waals surface area contributed by atoms with Crippen LogP contribution in [0.2, 0.25) is 0 Å². The van der Waals surface area contributed by atoms with E-state index in [1.54, 1.807) is 0 Å². The van der Waals surface area contributed by atoms with Gasteiger partial charge in [-0.05, 0) is 18.9 Å². The van der Waals surface area contributed by atoms with Crippen LogP contribution in [0, 0.1) is 5.53 Å². The Kier molecular flexibility index (Phi) is 1.77. The molecule has 1 aliphatic carbocycles. The molecule has 1 aromatic heterocycles. The molecule has 1 saturated carbocycles. The standard InChI is InChI=1S/C7H11N5/c8-11-9-5-6-3-4-12(10-6)7-1-2-7/h3-4,7H,1-2,5H2,(H2,8,9). The third kappa shape index (κ3) is 1.44. The minimum atomic E-state index is 0.545. The van der Waals surface area contributed by atoms with Gasteiger partial charge in [-0.2, -0.15) is 10.6 Å². The molecule has 0 saturated heterocycles. The lowest BCUT2D eigenvalue weighted by Crippen LogP contribution is -2.05. The van der Waals surface area contributed by atoms with Gasteiger partial charge < -0.3 is 0 Å². The predicted octanol–water partition coefficient (Wildman–Crippen LogP) is 1.25. The fourth-order valence-corrected chi connectivity index (χ4v) is 1.13. The topological polar surface area (TPSA) is 66.1 Å². The summed E-state index contributed by atoms with van der Waals surface area (Å²) in [6.45, 7) is 0.545. The Bertz CT molecular complexity index is 275. The van der Waals surface area contributed by atoms with E-state index < -0.39 is 0 Å². The second-order valence-electron chi connectivity index (χ2n) is 2.96. The van der Waals surface area contributed by atoms with Crippen LogP contribution < -0.4 is 5.43 Å². The van der Waals surface area contributed by atoms with Crippen molar-refractivity contribution >= 4 is 0 Å². The van der Waals surface area contributed by atoms with Gasteiger partial charge in [-0.15, -0.1) is 0 Å². The number of nitrogens with one attached hydrogen (secondary N) is 2. The molecule has 0 radical (unpaired) electrons. The van der Waals surface area contributed by atoms with Crippen LogP contribution in [0.4, 0.5) is 0 Å². The lowest BCUT2D eigenvalue weighted by atomic mass is 10.4. The number of hydrogen-bond acceptors (Lipinski definition) is 3. The SMILES string of the molecule is N=NNCc1ccn(C2CC2)n1. The summed E-state index contributed by atoms with van der Waals surface area (Å²) in [7, 11) is 0. The first-order valence-corrected chi connectivity index (χ1v) is 4.03. The first kappa shape index (κ1) is 7.27. The van der Waals surface area contributed by atoms with Crippen LogP contribution >= 0.6 is 0 Å². The van der Waals surface area contributed by atoms with Gasteiger partial charge in [0.25, 0.3) is 0 Å². The van der Waals surface area contributed by atoms with E-state index in [0.717, 1.165) is 5.69 Å². The third-order valence-electron chi connectivity index (χ3n) is 1.92. The Morgan fingerprint density at radius 2 is 2.58 bits per heavy atom. The molecule has 12 heavy (non-hydrogen) atoms. The van der Waals surface area contributed by atoms with Crippen molar-refractivity contribution in [3.8, 4) is 0 Å². The molecular weight excluding hydrogens is 154 g/mol. The Morgan fingerprint density at radius 3 is 3.25 bits per heavy atom. The average molecular weight is 165 g/mol. The normalized spacial score (nSPS) is 16.0. The highest BCUT2D eigenvalue weighted by molar-refractivity contribution is 5.00. The smallest absolute Gasteiger partial charge is 0.0833 e. The molecule has 64 valence electrons. The van der Waals surface area contributed by atoms with Gasteiger partial charge >= 0.3 is 0 Å². The Hall–Kier alpha value is -1.39. The highest BCUT2D eigenvalue weighted by Gasteiger charge is 2.23. The number of nitrogens with zero attached hydrogens (tertiary/aromatic N) is 3. The molecule has 1 aromatic rings. The fourth-order valence-electron chi connectivity index (χ4n) is 1.13. The van der Waals surface area contributed by atoms with E-state index in [4.69, 9.17) is 5.53 Å². The molecule has 1 fully saturated rings. The maximum absolute atomic E-state index is 6.53. The van der Waals surface area contributed by atoms with Gasteiger partial charge in [-0.3, -0.25) is 10.1 Å². The fraction of sp³-hybridized carbons (Fsp3) is 0.571. The molecule has 0 spiro atoms. The van der Waals surface area contributed by atoms with Crippen LogP contribution in [-0.4, -0.2) is 9.78 Å². The van der Waals surface area contributed by atoms with Crippen molar-refractivity contribution in [1.82, 2.24) is 15.2 Å². The summed E-state index contributed by atoms with van der Waals surface area (Å²) in [5, 5.41) is 7.37. The summed E-state index contributed by atoms with van der Waals surface area (Å²) < 4.78 is 1.99. The number of hydrogen-bond donors (Lipinski definition) is 2. The summed E-state index contributed by atoms with van der Waals surface area (Å²) in [6.07, 6.45) is 4.48. The van der Waals surface area contributed by atoms with E-state index in [9.17, 15) is 0 Å². The van der Waals surface area contributed by atoms with Gasteiger partial charge in [0.1, 0.15) is 0 Å². The van der Waals surface area contributed by atoms with E-state index in [1.165, 1.54) is 12.8 Å². The van der Waals surface area contributed by atoms with Crippen LogP contribution in [0.5, 0.6) is 0 Å². The van der Waals surface area contributed by atoms with Crippen molar-refractivity contribution in [2.75, 3.05) is 0 Å². The largest absolute Gasteiger partial charge is 0.286 e. The van der Waals surface area contributed by atoms with Crippen molar-refractivity contribution in [1.29, 1.82) is 5.53 Å². The van der Waals surface area contributed by atoms with Gasteiger partial charge in [-0.1, -0.05) is 5.22 Å². The molecule has 5 heteroatoms. The second kappa shape index (κ2) is 2.92. The zero-order valence-electron chi connectivity index (χ0n) is 6.70. The van der Waals surface area contributed by atoms with Crippen LogP contribution in [0.15, 0.2) is 17.5 Å². The van der Waals surface area contributed by atoms with Crippen molar-refractivity contribution in [2.24, 2.45) is 5.22 Å². The summed E-state index contributed by atoms with van der Waals surface area (Å²) in [4.78, 5) is 0. The summed E-state index contributed by atoms with van der Waals surface area (Å²) in [6, 6.07) is 2.59. The van der Waals surface area contributed by atoms with Crippen LogP contribution in [0.1, 0.15) is 24.6 Å². The first-order valence-electron chi connectivity index (χ1n) is 4.03. The van der Waals surface area contributed by atoms with Gasteiger partial charge in [0.2, 0.25) is 0 Å². The van der Waals surface area contributed by atoms with Crippen LogP contribution in [0.25, 0.3) is 0 Å². The molecule has 0 aliphatic heterocycles. The number of rotatable bonds is 4. The van der Waals surface area contributed by atoms with Crippen molar-refractivity contribution in [2.45, 2.75) is 25.4 Å². The highest BCUT2D eigenvalue weighted by Crippen LogP contribution is 2.33. The van der Waals surface area contributed by atoms with Crippen LogP contribution in [0.3, 0.4) is 0 Å². The van der Waals surface area contributed by atoms with Gasteiger partial charge in [0.05, 0.1) is 18.3 Å². The lowest BCUT2D eigenvalue weighted by molar-refractivity contribution is 0.604. The van der Waals surface area contributed by atoms with Crippen molar-refractivity contribution < 1.29 is 0 Å². The van der Waals surface area contributed by atoms with Crippen molar-refractivity contribution in [3.63, 3.8) is 0 Å². The zero-order valence-corrected chi connectivity index (χ0v) is 6.70. The predicted molar refractivity (Wildman–Crippen MR) is 42.5 cm³/mol. The van der Waals surface area contributed by atoms with Crippen LogP contribution in [-0.2, 0) is 6.54 Å². The quantitative estimate of drug-likeness (QED) is 0.521. The molecule has 1 aliphatic rings. The molecule has 0 unspecified atom stereocenters. The Morgan fingerprint density at radius 1 is 1.75 bits per heavy atom. The minimum Gasteiger partial charge on any atom is -0.286 e. The summed E-state index contributed by atoms with van der Waals surface area (Å²) in [5.41, 5.74) is 10.0. The molecule has 0 aromatic carbocycles. The molecule has 0 atom stereocenters. The Balaban J connectivity index is 1.98. The number of aromatic nitrogens is 2. The molecule has 2 N–H and O–H groups in total. The molecule has 1 heterocycles. The van der Waals surface area contributed by atoms with E-state index in [0.29, 0.717) is 12.6 Å². The van der Waals surface area contributed by atoms with Gasteiger partial charge in [-0.25, -0.2) is 0 Å². The van der Waals surface area contributed by atoms with Crippen molar-refractivity contribution in [3.05, 3.63) is 18.0 Å². The van der Waals surface area contributed by atoms with E-state index in [1.807, 2.05) is 16.9 Å². The zero-order chi connectivity index (χ0) is 8.39. The van der Waals surface area contributed by atoms with E-state index in [-0.39, 0.29) is 0 Å². The Labute approximate surface area is 70.2 Å². The minimum absolute atomic E-state index is 0.545. The first-order chi connectivity index (χ1) is 5.90. The summed E-state index contributed by atoms with van der Waals surface area (Å²) in [5.74, 6) is 0. The monoisotopic (exact) mass is 165 g/mol.